The average molecular weight is 280 g/mol. The molecule has 1 heterocycles. The van der Waals surface area contributed by atoms with Gasteiger partial charge in [0.15, 0.2) is 11.3 Å². The highest BCUT2D eigenvalue weighted by Gasteiger charge is 2.48. The van der Waals surface area contributed by atoms with Gasteiger partial charge in [-0.15, -0.1) is 0 Å². The van der Waals surface area contributed by atoms with Crippen LogP contribution in [0.4, 0.5) is 13.2 Å². The Morgan fingerprint density at radius 3 is 2.50 bits per heavy atom. The van der Waals surface area contributed by atoms with E-state index in [1.807, 2.05) is 0 Å². The van der Waals surface area contributed by atoms with Gasteiger partial charge in [-0.05, 0) is 12.1 Å². The number of fused-ring (bicyclic) bond motifs is 1. The Bertz CT molecular complexity index is 685. The SMILES string of the molecule is COc1cccc2c(S(=O)(=O)C(F)(F)F)coc12. The van der Waals surface area contributed by atoms with Crippen molar-refractivity contribution in [1.29, 1.82) is 0 Å². The summed E-state index contributed by atoms with van der Waals surface area (Å²) in [7, 11) is -4.13. The molecule has 0 bridgehead atoms. The van der Waals surface area contributed by atoms with Crippen LogP contribution in [-0.2, 0) is 9.84 Å². The zero-order valence-electron chi connectivity index (χ0n) is 8.98. The number of halogens is 3. The highest BCUT2D eigenvalue weighted by molar-refractivity contribution is 7.92. The van der Waals surface area contributed by atoms with Crippen LogP contribution in [0, 0.1) is 0 Å². The van der Waals surface area contributed by atoms with Gasteiger partial charge in [-0.2, -0.15) is 13.2 Å². The number of hydrogen-bond acceptors (Lipinski definition) is 4. The maximum absolute atomic E-state index is 12.4. The van der Waals surface area contributed by atoms with Crippen LogP contribution in [0.25, 0.3) is 11.0 Å². The van der Waals surface area contributed by atoms with Gasteiger partial charge in [0.05, 0.1) is 7.11 Å². The maximum Gasteiger partial charge on any atom is 0.502 e. The van der Waals surface area contributed by atoms with Gasteiger partial charge in [-0.1, -0.05) is 6.07 Å². The quantitative estimate of drug-likeness (QED) is 0.848. The lowest BCUT2D eigenvalue weighted by molar-refractivity contribution is -0.0435. The molecule has 0 fully saturated rings. The summed E-state index contributed by atoms with van der Waals surface area (Å²) in [5.41, 5.74) is -5.41. The van der Waals surface area contributed by atoms with E-state index in [1.54, 1.807) is 0 Å². The van der Waals surface area contributed by atoms with Gasteiger partial charge in [-0.25, -0.2) is 8.42 Å². The number of furan rings is 1. The molecule has 1 aromatic carbocycles. The molecule has 8 heteroatoms. The minimum absolute atomic E-state index is 0.0391. The first-order valence-corrected chi connectivity index (χ1v) is 6.13. The summed E-state index contributed by atoms with van der Waals surface area (Å²) in [5.74, 6) is 0.163. The predicted molar refractivity (Wildman–Crippen MR) is 56.0 cm³/mol. The van der Waals surface area contributed by atoms with Crippen molar-refractivity contribution in [1.82, 2.24) is 0 Å². The molecule has 0 unspecified atom stereocenters. The van der Waals surface area contributed by atoms with Crippen LogP contribution >= 0.6 is 0 Å². The molecular weight excluding hydrogens is 273 g/mol. The number of sulfone groups is 1. The molecular formula is C10H7F3O4S. The number of rotatable bonds is 2. The molecule has 0 saturated carbocycles. The summed E-state index contributed by atoms with van der Waals surface area (Å²) >= 11 is 0. The molecule has 98 valence electrons. The minimum atomic E-state index is -5.43. The molecule has 4 nitrogen and oxygen atoms in total. The van der Waals surface area contributed by atoms with Crippen molar-refractivity contribution >= 4 is 20.8 Å². The van der Waals surface area contributed by atoms with Crippen molar-refractivity contribution < 1.29 is 30.7 Å². The summed E-state index contributed by atoms with van der Waals surface area (Å²) < 4.78 is 69.7. The van der Waals surface area contributed by atoms with E-state index < -0.39 is 20.2 Å². The van der Waals surface area contributed by atoms with Crippen molar-refractivity contribution in [2.75, 3.05) is 7.11 Å². The summed E-state index contributed by atoms with van der Waals surface area (Å²) in [6, 6.07) is 4.06. The first-order valence-electron chi connectivity index (χ1n) is 4.64. The second kappa shape index (κ2) is 3.91. The Morgan fingerprint density at radius 1 is 1.28 bits per heavy atom. The van der Waals surface area contributed by atoms with Gasteiger partial charge in [0.1, 0.15) is 11.2 Å². The Kier molecular flexibility index (Phi) is 2.77. The van der Waals surface area contributed by atoms with Crippen molar-refractivity contribution in [2.45, 2.75) is 10.4 Å². The topological polar surface area (TPSA) is 56.5 Å². The van der Waals surface area contributed by atoms with Gasteiger partial charge in [0.2, 0.25) is 0 Å². The fraction of sp³-hybridized carbons (Fsp3) is 0.200. The van der Waals surface area contributed by atoms with E-state index in [2.05, 4.69) is 0 Å². The van der Waals surface area contributed by atoms with E-state index in [-0.39, 0.29) is 16.7 Å². The summed E-state index contributed by atoms with van der Waals surface area (Å²) in [5, 5.41) is -0.160. The van der Waals surface area contributed by atoms with E-state index in [1.165, 1.54) is 25.3 Å². The maximum atomic E-state index is 12.4. The van der Waals surface area contributed by atoms with E-state index in [0.29, 0.717) is 6.26 Å². The number of hydrogen-bond donors (Lipinski definition) is 0. The number of alkyl halides is 3. The molecule has 1 aromatic heterocycles. The molecule has 0 radical (unpaired) electrons. The van der Waals surface area contributed by atoms with Crippen LogP contribution in [0.5, 0.6) is 5.75 Å². The standard InChI is InChI=1S/C10H7F3O4S/c1-16-7-4-2-3-6-8(5-17-9(6)7)18(14,15)10(11,12)13/h2-5H,1H3. The van der Waals surface area contributed by atoms with Crippen LogP contribution in [0.1, 0.15) is 0 Å². The van der Waals surface area contributed by atoms with Crippen LogP contribution in [0.2, 0.25) is 0 Å². The molecule has 0 aliphatic carbocycles. The number of methoxy groups -OCH3 is 1. The van der Waals surface area contributed by atoms with Crippen molar-refractivity contribution in [3.63, 3.8) is 0 Å². The van der Waals surface area contributed by atoms with Crippen molar-refractivity contribution in [2.24, 2.45) is 0 Å². The highest BCUT2D eigenvalue weighted by Crippen LogP contribution is 2.38. The third-order valence-electron chi connectivity index (χ3n) is 2.34. The molecule has 0 saturated heterocycles. The lowest BCUT2D eigenvalue weighted by Gasteiger charge is -2.06. The monoisotopic (exact) mass is 280 g/mol. The van der Waals surface area contributed by atoms with Gasteiger partial charge in [-0.3, -0.25) is 0 Å². The largest absolute Gasteiger partial charge is 0.502 e. The van der Waals surface area contributed by atoms with E-state index >= 15 is 0 Å². The lowest BCUT2D eigenvalue weighted by Crippen LogP contribution is -2.22. The molecule has 0 aliphatic heterocycles. The van der Waals surface area contributed by atoms with E-state index in [0.717, 1.165) is 0 Å². The fourth-order valence-corrected chi connectivity index (χ4v) is 2.38. The number of benzene rings is 1. The van der Waals surface area contributed by atoms with Gasteiger partial charge in [0, 0.05) is 5.39 Å². The Hall–Kier alpha value is -1.70. The number of ether oxygens (including phenoxy) is 1. The molecule has 0 atom stereocenters. The molecule has 2 aromatic rings. The normalized spacial score (nSPS) is 12.9. The molecule has 0 aliphatic rings. The molecule has 2 rings (SSSR count). The third kappa shape index (κ3) is 1.72. The second-order valence-corrected chi connectivity index (χ2v) is 5.30. The van der Waals surface area contributed by atoms with Crippen LogP contribution < -0.4 is 4.74 Å². The predicted octanol–water partition coefficient (Wildman–Crippen LogP) is 2.73. The van der Waals surface area contributed by atoms with Crippen LogP contribution in [0.15, 0.2) is 33.8 Å². The number of para-hydroxylation sites is 1. The molecule has 0 spiro atoms. The van der Waals surface area contributed by atoms with E-state index in [9.17, 15) is 21.6 Å². The summed E-state index contributed by atoms with van der Waals surface area (Å²) in [4.78, 5) is -0.913. The Balaban J connectivity index is 2.76. The van der Waals surface area contributed by atoms with Crippen LogP contribution in [0.3, 0.4) is 0 Å². The fourth-order valence-electron chi connectivity index (χ4n) is 1.50. The second-order valence-electron chi connectivity index (χ2n) is 3.39. The minimum Gasteiger partial charge on any atom is -0.493 e. The van der Waals surface area contributed by atoms with Crippen LogP contribution in [-0.4, -0.2) is 21.0 Å². The van der Waals surface area contributed by atoms with Gasteiger partial charge >= 0.3 is 5.51 Å². The van der Waals surface area contributed by atoms with Gasteiger partial charge < -0.3 is 9.15 Å². The van der Waals surface area contributed by atoms with Crippen molar-refractivity contribution in [3.05, 3.63) is 24.5 Å². The smallest absolute Gasteiger partial charge is 0.493 e. The van der Waals surface area contributed by atoms with Crippen molar-refractivity contribution in [3.8, 4) is 5.75 Å². The molecule has 0 N–H and O–H groups in total. The zero-order valence-corrected chi connectivity index (χ0v) is 9.80. The highest BCUT2D eigenvalue weighted by atomic mass is 32.2. The third-order valence-corrected chi connectivity index (χ3v) is 3.85. The summed E-state index contributed by atoms with van der Waals surface area (Å²) in [6.45, 7) is 0. The lowest BCUT2D eigenvalue weighted by atomic mass is 10.2. The van der Waals surface area contributed by atoms with E-state index in [4.69, 9.17) is 9.15 Å². The molecule has 0 amide bonds. The first-order chi connectivity index (χ1) is 8.29. The van der Waals surface area contributed by atoms with Gasteiger partial charge in [0.25, 0.3) is 9.84 Å². The first kappa shape index (κ1) is 12.7. The molecule has 18 heavy (non-hydrogen) atoms. The average Bonchev–Trinajstić information content (AvgIpc) is 2.71. The zero-order chi connectivity index (χ0) is 13.6. The Morgan fingerprint density at radius 2 is 1.94 bits per heavy atom. The summed E-state index contributed by atoms with van der Waals surface area (Å²) in [6.07, 6.45) is 0.565. The Labute approximate surface area is 99.9 Å².